The fourth-order valence-electron chi connectivity index (χ4n) is 3.68. The number of hydrogen-bond donors (Lipinski definition) is 2. The third-order valence-corrected chi connectivity index (χ3v) is 4.91. The molecule has 1 fully saturated rings. The Hall–Kier alpha value is -2.55. The number of aromatic amines is 1. The van der Waals surface area contributed by atoms with Crippen LogP contribution in [0.3, 0.4) is 0 Å². The van der Waals surface area contributed by atoms with Crippen molar-refractivity contribution in [2.24, 2.45) is 0 Å². The fourth-order valence-corrected chi connectivity index (χ4v) is 3.68. The molecule has 2 N–H and O–H groups in total. The number of phenolic OH excluding ortho intramolecular Hbond substituents is 1. The first-order valence-corrected chi connectivity index (χ1v) is 8.76. The molecule has 0 unspecified atom stereocenters. The highest BCUT2D eigenvalue weighted by molar-refractivity contribution is 5.68. The maximum atomic E-state index is 9.77. The molecule has 0 bridgehead atoms. The van der Waals surface area contributed by atoms with E-state index < -0.39 is 0 Å². The number of nitrogens with zero attached hydrogens (tertiary/aromatic N) is 1. The molecule has 3 nitrogen and oxygen atoms in total. The molecular formula is C21H22N2O. The average molecular weight is 318 g/mol. The molecule has 0 saturated heterocycles. The van der Waals surface area contributed by atoms with E-state index in [0.717, 1.165) is 22.6 Å². The molecule has 3 heteroatoms. The Morgan fingerprint density at radius 1 is 0.875 bits per heavy atom. The molecule has 122 valence electrons. The maximum absolute atomic E-state index is 9.77. The van der Waals surface area contributed by atoms with E-state index in [1.165, 1.54) is 37.8 Å². The Kier molecular flexibility index (Phi) is 4.08. The van der Waals surface area contributed by atoms with Gasteiger partial charge in [-0.1, -0.05) is 61.7 Å². The summed E-state index contributed by atoms with van der Waals surface area (Å²) in [5, 5.41) is 9.77. The number of aromatic nitrogens is 2. The van der Waals surface area contributed by atoms with Gasteiger partial charge in [0.05, 0.1) is 5.69 Å². The first-order valence-electron chi connectivity index (χ1n) is 8.76. The summed E-state index contributed by atoms with van der Waals surface area (Å²) in [7, 11) is 0. The Labute approximate surface area is 142 Å². The number of imidazole rings is 1. The molecule has 1 aromatic heterocycles. The van der Waals surface area contributed by atoms with Gasteiger partial charge >= 0.3 is 0 Å². The lowest BCUT2D eigenvalue weighted by Gasteiger charge is -2.21. The second-order valence-corrected chi connectivity index (χ2v) is 6.60. The van der Waals surface area contributed by atoms with E-state index in [1.54, 1.807) is 12.1 Å². The Morgan fingerprint density at radius 3 is 2.38 bits per heavy atom. The van der Waals surface area contributed by atoms with Gasteiger partial charge in [0.2, 0.25) is 0 Å². The summed E-state index contributed by atoms with van der Waals surface area (Å²) in [6, 6.07) is 17.7. The van der Waals surface area contributed by atoms with Gasteiger partial charge in [0.1, 0.15) is 11.6 Å². The number of rotatable bonds is 3. The van der Waals surface area contributed by atoms with E-state index in [-0.39, 0.29) is 5.75 Å². The number of nitrogens with one attached hydrogen (secondary N) is 1. The lowest BCUT2D eigenvalue weighted by atomic mass is 9.85. The molecule has 0 aliphatic heterocycles. The minimum Gasteiger partial charge on any atom is -0.508 e. The molecule has 4 rings (SSSR count). The van der Waals surface area contributed by atoms with Crippen LogP contribution in [0.25, 0.3) is 22.6 Å². The SMILES string of the molecule is Oc1cccc(-c2nc(-c3ccccc3)c(C3CCCCC3)[nH]2)c1. The molecule has 1 saturated carbocycles. The summed E-state index contributed by atoms with van der Waals surface area (Å²) in [6.07, 6.45) is 6.37. The minimum atomic E-state index is 0.268. The van der Waals surface area contributed by atoms with Gasteiger partial charge in [0, 0.05) is 22.7 Å². The largest absolute Gasteiger partial charge is 0.508 e. The van der Waals surface area contributed by atoms with E-state index in [9.17, 15) is 5.11 Å². The van der Waals surface area contributed by atoms with Gasteiger partial charge in [0.25, 0.3) is 0 Å². The Bertz CT molecular complexity index is 817. The van der Waals surface area contributed by atoms with Gasteiger partial charge in [-0.3, -0.25) is 0 Å². The molecule has 0 spiro atoms. The van der Waals surface area contributed by atoms with Crippen LogP contribution in [0.1, 0.15) is 43.7 Å². The summed E-state index contributed by atoms with van der Waals surface area (Å²) < 4.78 is 0. The first-order chi connectivity index (χ1) is 11.8. The van der Waals surface area contributed by atoms with Crippen molar-refractivity contribution < 1.29 is 5.11 Å². The highest BCUT2D eigenvalue weighted by atomic mass is 16.3. The van der Waals surface area contributed by atoms with E-state index in [2.05, 4.69) is 29.2 Å². The Morgan fingerprint density at radius 2 is 1.62 bits per heavy atom. The molecule has 1 heterocycles. The highest BCUT2D eigenvalue weighted by Gasteiger charge is 2.23. The lowest BCUT2D eigenvalue weighted by Crippen LogP contribution is -2.06. The molecule has 2 aromatic carbocycles. The van der Waals surface area contributed by atoms with Crippen LogP contribution in [-0.4, -0.2) is 15.1 Å². The molecule has 1 aliphatic carbocycles. The summed E-state index contributed by atoms with van der Waals surface area (Å²) in [5.41, 5.74) is 4.38. The number of phenols is 1. The zero-order chi connectivity index (χ0) is 16.4. The van der Waals surface area contributed by atoms with Crippen LogP contribution in [0.15, 0.2) is 54.6 Å². The number of hydrogen-bond acceptors (Lipinski definition) is 2. The van der Waals surface area contributed by atoms with Crippen LogP contribution in [-0.2, 0) is 0 Å². The molecular weight excluding hydrogens is 296 g/mol. The molecule has 3 aromatic rings. The average Bonchev–Trinajstić information content (AvgIpc) is 3.09. The van der Waals surface area contributed by atoms with Crippen LogP contribution < -0.4 is 0 Å². The summed E-state index contributed by atoms with van der Waals surface area (Å²) in [4.78, 5) is 8.47. The van der Waals surface area contributed by atoms with Crippen LogP contribution >= 0.6 is 0 Å². The minimum absolute atomic E-state index is 0.268. The van der Waals surface area contributed by atoms with Gasteiger partial charge in [-0.05, 0) is 25.0 Å². The topological polar surface area (TPSA) is 48.9 Å². The first kappa shape index (κ1) is 15.0. The third-order valence-electron chi connectivity index (χ3n) is 4.91. The van der Waals surface area contributed by atoms with Gasteiger partial charge < -0.3 is 10.1 Å². The second-order valence-electron chi connectivity index (χ2n) is 6.60. The van der Waals surface area contributed by atoms with Crippen LogP contribution in [0.5, 0.6) is 5.75 Å². The molecule has 1 aliphatic rings. The molecule has 0 amide bonds. The summed E-state index contributed by atoms with van der Waals surface area (Å²) in [6.45, 7) is 0. The normalized spacial score (nSPS) is 15.5. The van der Waals surface area contributed by atoms with E-state index in [1.807, 2.05) is 18.2 Å². The standard InChI is InChI=1S/C21H22N2O/c24-18-13-7-12-17(14-18)21-22-19(15-8-3-1-4-9-15)20(23-21)16-10-5-2-6-11-16/h1,3-4,7-9,12-14,16,24H,2,5-6,10-11H2,(H,22,23). The van der Waals surface area contributed by atoms with Crippen LogP contribution in [0, 0.1) is 0 Å². The van der Waals surface area contributed by atoms with E-state index in [4.69, 9.17) is 4.98 Å². The van der Waals surface area contributed by atoms with Crippen molar-refractivity contribution in [2.45, 2.75) is 38.0 Å². The quantitative estimate of drug-likeness (QED) is 0.670. The number of aromatic hydroxyl groups is 1. The molecule has 0 radical (unpaired) electrons. The van der Waals surface area contributed by atoms with Crippen molar-refractivity contribution in [2.75, 3.05) is 0 Å². The maximum Gasteiger partial charge on any atom is 0.138 e. The summed E-state index contributed by atoms with van der Waals surface area (Å²) >= 11 is 0. The Balaban J connectivity index is 1.81. The molecule has 0 atom stereocenters. The highest BCUT2D eigenvalue weighted by Crippen LogP contribution is 2.38. The van der Waals surface area contributed by atoms with E-state index >= 15 is 0 Å². The predicted molar refractivity (Wildman–Crippen MR) is 97.0 cm³/mol. The van der Waals surface area contributed by atoms with Gasteiger partial charge in [-0.2, -0.15) is 0 Å². The monoisotopic (exact) mass is 318 g/mol. The lowest BCUT2D eigenvalue weighted by molar-refractivity contribution is 0.438. The van der Waals surface area contributed by atoms with Crippen molar-refractivity contribution in [3.05, 3.63) is 60.3 Å². The van der Waals surface area contributed by atoms with Crippen molar-refractivity contribution in [3.8, 4) is 28.4 Å². The number of benzene rings is 2. The second kappa shape index (κ2) is 6.52. The third kappa shape index (κ3) is 2.94. The van der Waals surface area contributed by atoms with Crippen LogP contribution in [0.2, 0.25) is 0 Å². The van der Waals surface area contributed by atoms with Gasteiger partial charge in [-0.15, -0.1) is 0 Å². The fraction of sp³-hybridized carbons (Fsp3) is 0.286. The van der Waals surface area contributed by atoms with Crippen molar-refractivity contribution in [1.82, 2.24) is 9.97 Å². The smallest absolute Gasteiger partial charge is 0.138 e. The summed E-state index contributed by atoms with van der Waals surface area (Å²) in [5.74, 6) is 1.65. The van der Waals surface area contributed by atoms with Gasteiger partial charge in [0.15, 0.2) is 0 Å². The van der Waals surface area contributed by atoms with Crippen LogP contribution in [0.4, 0.5) is 0 Å². The van der Waals surface area contributed by atoms with Crippen molar-refractivity contribution in [3.63, 3.8) is 0 Å². The number of H-pyrrole nitrogens is 1. The zero-order valence-corrected chi connectivity index (χ0v) is 13.7. The van der Waals surface area contributed by atoms with Crippen molar-refractivity contribution in [1.29, 1.82) is 0 Å². The zero-order valence-electron chi connectivity index (χ0n) is 13.7. The van der Waals surface area contributed by atoms with E-state index in [0.29, 0.717) is 5.92 Å². The predicted octanol–water partition coefficient (Wildman–Crippen LogP) is 5.50. The molecule has 24 heavy (non-hydrogen) atoms. The van der Waals surface area contributed by atoms with Gasteiger partial charge in [-0.25, -0.2) is 4.98 Å². The van der Waals surface area contributed by atoms with Crippen molar-refractivity contribution >= 4 is 0 Å².